The molecule has 162 valence electrons. The van der Waals surface area contributed by atoms with E-state index in [9.17, 15) is 14.0 Å². The minimum atomic E-state index is -0.553. The molecule has 0 heterocycles. The van der Waals surface area contributed by atoms with Crippen molar-refractivity contribution in [1.29, 1.82) is 0 Å². The topological polar surface area (TPSA) is 77.0 Å². The summed E-state index contributed by atoms with van der Waals surface area (Å²) in [6.45, 7) is -0.298. The SMILES string of the molecule is O=C(COc1ccc(F)cc1)N/N=C/c1cc(Br)ccc1OC(=O)/C=C/c1ccccc1. The molecule has 0 fully saturated rings. The number of carbonyl (C=O) groups is 2. The number of rotatable bonds is 8. The van der Waals surface area contributed by atoms with Crippen molar-refractivity contribution < 1.29 is 23.5 Å². The Labute approximate surface area is 192 Å². The summed E-state index contributed by atoms with van der Waals surface area (Å²) in [5.74, 6) is -0.827. The van der Waals surface area contributed by atoms with Crippen LogP contribution in [0.2, 0.25) is 0 Å². The highest BCUT2D eigenvalue weighted by Crippen LogP contribution is 2.22. The Kier molecular flexibility index (Phi) is 8.28. The van der Waals surface area contributed by atoms with Gasteiger partial charge in [-0.15, -0.1) is 0 Å². The lowest BCUT2D eigenvalue weighted by atomic mass is 10.2. The van der Waals surface area contributed by atoms with E-state index >= 15 is 0 Å². The normalized spacial score (nSPS) is 10.9. The maximum Gasteiger partial charge on any atom is 0.336 e. The number of hydrazone groups is 1. The van der Waals surface area contributed by atoms with Crippen molar-refractivity contribution in [3.63, 3.8) is 0 Å². The molecule has 0 aliphatic heterocycles. The van der Waals surface area contributed by atoms with Gasteiger partial charge in [0.15, 0.2) is 6.61 Å². The van der Waals surface area contributed by atoms with Crippen molar-refractivity contribution in [2.45, 2.75) is 0 Å². The lowest BCUT2D eigenvalue weighted by Gasteiger charge is -2.07. The van der Waals surface area contributed by atoms with Crippen LogP contribution in [0.1, 0.15) is 11.1 Å². The fourth-order valence-corrected chi connectivity index (χ4v) is 2.85. The molecule has 3 rings (SSSR count). The van der Waals surface area contributed by atoms with Gasteiger partial charge in [0.25, 0.3) is 5.91 Å². The molecular formula is C24H18BrFN2O4. The molecule has 0 aliphatic carbocycles. The van der Waals surface area contributed by atoms with E-state index < -0.39 is 17.7 Å². The molecule has 6 nitrogen and oxygen atoms in total. The van der Waals surface area contributed by atoms with Crippen LogP contribution in [0.25, 0.3) is 6.08 Å². The van der Waals surface area contributed by atoms with Crippen LogP contribution in [-0.2, 0) is 9.59 Å². The van der Waals surface area contributed by atoms with Crippen LogP contribution >= 0.6 is 15.9 Å². The zero-order valence-electron chi connectivity index (χ0n) is 16.7. The third kappa shape index (κ3) is 7.48. The first-order valence-corrected chi connectivity index (χ1v) is 10.2. The van der Waals surface area contributed by atoms with E-state index in [1.807, 2.05) is 30.3 Å². The van der Waals surface area contributed by atoms with Crippen LogP contribution in [0.3, 0.4) is 0 Å². The minimum absolute atomic E-state index is 0.275. The third-order valence-electron chi connectivity index (χ3n) is 3.97. The Bertz CT molecular complexity index is 1130. The average molecular weight is 497 g/mol. The van der Waals surface area contributed by atoms with E-state index in [1.165, 1.54) is 36.6 Å². The summed E-state index contributed by atoms with van der Waals surface area (Å²) in [7, 11) is 0. The van der Waals surface area contributed by atoms with E-state index in [0.717, 1.165) is 10.0 Å². The highest BCUT2D eigenvalue weighted by molar-refractivity contribution is 9.10. The molecule has 0 atom stereocenters. The molecule has 0 bridgehead atoms. The Morgan fingerprint density at radius 3 is 2.53 bits per heavy atom. The second-order valence-corrected chi connectivity index (χ2v) is 7.30. The van der Waals surface area contributed by atoms with Gasteiger partial charge in [-0.05, 0) is 54.1 Å². The number of ether oxygens (including phenoxy) is 2. The van der Waals surface area contributed by atoms with Crippen LogP contribution in [0.5, 0.6) is 11.5 Å². The first-order valence-electron chi connectivity index (χ1n) is 9.44. The summed E-state index contributed by atoms with van der Waals surface area (Å²) in [6, 6.07) is 19.7. The van der Waals surface area contributed by atoms with Crippen molar-refractivity contribution in [1.82, 2.24) is 5.43 Å². The maximum atomic E-state index is 12.9. The lowest BCUT2D eigenvalue weighted by Crippen LogP contribution is -2.24. The number of nitrogens with one attached hydrogen (secondary N) is 1. The van der Waals surface area contributed by atoms with E-state index in [-0.39, 0.29) is 12.4 Å². The van der Waals surface area contributed by atoms with Crippen LogP contribution in [0.4, 0.5) is 4.39 Å². The molecular weight excluding hydrogens is 479 g/mol. The molecule has 8 heteroatoms. The van der Waals surface area contributed by atoms with Crippen molar-refractivity contribution >= 4 is 40.1 Å². The van der Waals surface area contributed by atoms with Gasteiger partial charge in [0.1, 0.15) is 17.3 Å². The quantitative estimate of drug-likeness (QED) is 0.161. The van der Waals surface area contributed by atoms with Crippen molar-refractivity contribution in [2.24, 2.45) is 5.10 Å². The predicted molar refractivity (Wildman–Crippen MR) is 123 cm³/mol. The molecule has 0 saturated heterocycles. The molecule has 1 amide bonds. The van der Waals surface area contributed by atoms with Crippen LogP contribution in [0, 0.1) is 5.82 Å². The van der Waals surface area contributed by atoms with Gasteiger partial charge in [-0.1, -0.05) is 46.3 Å². The summed E-state index contributed by atoms with van der Waals surface area (Å²) in [4.78, 5) is 24.1. The number of benzene rings is 3. The first-order chi connectivity index (χ1) is 15.5. The van der Waals surface area contributed by atoms with Gasteiger partial charge in [-0.3, -0.25) is 4.79 Å². The number of hydrogen-bond acceptors (Lipinski definition) is 5. The Morgan fingerprint density at radius 1 is 1.03 bits per heavy atom. The third-order valence-corrected chi connectivity index (χ3v) is 4.46. The van der Waals surface area contributed by atoms with E-state index in [0.29, 0.717) is 11.3 Å². The Hall–Kier alpha value is -3.78. The molecule has 0 radical (unpaired) electrons. The largest absolute Gasteiger partial charge is 0.484 e. The van der Waals surface area contributed by atoms with Gasteiger partial charge in [-0.25, -0.2) is 14.6 Å². The van der Waals surface area contributed by atoms with Crippen molar-refractivity contribution in [3.05, 3.63) is 100 Å². The van der Waals surface area contributed by atoms with Gasteiger partial charge in [-0.2, -0.15) is 5.10 Å². The minimum Gasteiger partial charge on any atom is -0.484 e. The number of amides is 1. The molecule has 0 aromatic heterocycles. The zero-order chi connectivity index (χ0) is 22.8. The summed E-state index contributed by atoms with van der Waals surface area (Å²) in [5, 5.41) is 3.88. The van der Waals surface area contributed by atoms with Crippen LogP contribution in [0.15, 0.2) is 88.4 Å². The monoisotopic (exact) mass is 496 g/mol. The van der Waals surface area contributed by atoms with Gasteiger partial charge in [0.05, 0.1) is 6.21 Å². The van der Waals surface area contributed by atoms with E-state index in [1.54, 1.807) is 24.3 Å². The van der Waals surface area contributed by atoms with Gasteiger partial charge in [0, 0.05) is 16.1 Å². The highest BCUT2D eigenvalue weighted by Gasteiger charge is 2.08. The van der Waals surface area contributed by atoms with Gasteiger partial charge in [0.2, 0.25) is 0 Å². The smallest absolute Gasteiger partial charge is 0.336 e. The molecule has 3 aromatic carbocycles. The lowest BCUT2D eigenvalue weighted by molar-refractivity contribution is -0.129. The fraction of sp³-hybridized carbons (Fsp3) is 0.0417. The van der Waals surface area contributed by atoms with E-state index in [2.05, 4.69) is 26.5 Å². The molecule has 3 aromatic rings. The van der Waals surface area contributed by atoms with Crippen molar-refractivity contribution in [3.8, 4) is 11.5 Å². The summed E-state index contributed by atoms with van der Waals surface area (Å²) < 4.78 is 24.3. The number of halogens is 2. The molecule has 32 heavy (non-hydrogen) atoms. The summed E-state index contributed by atoms with van der Waals surface area (Å²) in [5.41, 5.74) is 3.66. The predicted octanol–water partition coefficient (Wildman–Crippen LogP) is 4.74. The standard InChI is InChI=1S/C24H18BrFN2O4/c25-19-7-12-22(32-24(30)13-6-17-4-2-1-3-5-17)18(14-19)15-27-28-23(29)16-31-21-10-8-20(26)9-11-21/h1-15H,16H2,(H,28,29)/b13-6+,27-15+. The molecule has 1 N–H and O–H groups in total. The van der Waals surface area contributed by atoms with Gasteiger partial charge < -0.3 is 9.47 Å². The Morgan fingerprint density at radius 2 is 1.78 bits per heavy atom. The number of nitrogens with zero attached hydrogens (tertiary/aromatic N) is 1. The maximum absolute atomic E-state index is 12.9. The number of esters is 1. The number of hydrogen-bond donors (Lipinski definition) is 1. The second-order valence-electron chi connectivity index (χ2n) is 6.38. The molecule has 0 unspecified atom stereocenters. The van der Waals surface area contributed by atoms with Crippen molar-refractivity contribution in [2.75, 3.05) is 6.61 Å². The molecule has 0 saturated carbocycles. The van der Waals surface area contributed by atoms with E-state index in [4.69, 9.17) is 9.47 Å². The van der Waals surface area contributed by atoms with Crippen LogP contribution in [-0.4, -0.2) is 24.7 Å². The van der Waals surface area contributed by atoms with Crippen LogP contribution < -0.4 is 14.9 Å². The highest BCUT2D eigenvalue weighted by atomic mass is 79.9. The first kappa shape index (κ1) is 22.9. The molecule has 0 spiro atoms. The Balaban J connectivity index is 1.57. The number of carbonyl (C=O) groups excluding carboxylic acids is 2. The fourth-order valence-electron chi connectivity index (χ4n) is 2.47. The second kappa shape index (κ2) is 11.6. The summed E-state index contributed by atoms with van der Waals surface area (Å²) >= 11 is 3.35. The van der Waals surface area contributed by atoms with Gasteiger partial charge >= 0.3 is 5.97 Å². The summed E-state index contributed by atoms with van der Waals surface area (Å²) in [6.07, 6.45) is 4.33. The average Bonchev–Trinajstić information content (AvgIpc) is 2.80. The molecule has 0 aliphatic rings. The zero-order valence-corrected chi connectivity index (χ0v) is 18.3.